The molecule has 2 atom stereocenters. The predicted molar refractivity (Wildman–Crippen MR) is 174 cm³/mol. The molecule has 43 heavy (non-hydrogen) atoms. The highest BCUT2D eigenvalue weighted by atomic mass is 35.5. The summed E-state index contributed by atoms with van der Waals surface area (Å²) in [5, 5.41) is 3.42. The number of rotatable bonds is 15. The van der Waals surface area contributed by atoms with Crippen molar-refractivity contribution in [2.75, 3.05) is 23.7 Å². The lowest BCUT2D eigenvalue weighted by Gasteiger charge is -2.34. The van der Waals surface area contributed by atoms with Gasteiger partial charge in [-0.05, 0) is 81.0 Å². The summed E-state index contributed by atoms with van der Waals surface area (Å²) in [6.45, 7) is 7.24. The van der Waals surface area contributed by atoms with Crippen LogP contribution in [0.4, 0.5) is 5.69 Å². The highest BCUT2D eigenvalue weighted by Gasteiger charge is 2.35. The van der Waals surface area contributed by atoms with E-state index in [-0.39, 0.29) is 29.1 Å². The Kier molecular flexibility index (Phi) is 12.8. The molecule has 11 heteroatoms. The number of thioether (sulfide) groups is 1. The molecule has 3 rings (SSSR count). The summed E-state index contributed by atoms with van der Waals surface area (Å²) in [6, 6.07) is 19.3. The largest absolute Gasteiger partial charge is 0.492 e. The van der Waals surface area contributed by atoms with Crippen LogP contribution in [0.25, 0.3) is 0 Å². The van der Waals surface area contributed by atoms with E-state index in [2.05, 4.69) is 5.32 Å². The first kappa shape index (κ1) is 34.3. The van der Waals surface area contributed by atoms with Gasteiger partial charge in [-0.2, -0.15) is 0 Å². The first-order valence-electron chi connectivity index (χ1n) is 14.3. The van der Waals surface area contributed by atoms with Crippen molar-refractivity contribution in [3.63, 3.8) is 0 Å². The third-order valence-electron chi connectivity index (χ3n) is 7.05. The Morgan fingerprint density at radius 3 is 2.21 bits per heavy atom. The lowest BCUT2D eigenvalue weighted by atomic mass is 10.1. The summed E-state index contributed by atoms with van der Waals surface area (Å²) >= 11 is 7.97. The number of benzene rings is 3. The summed E-state index contributed by atoms with van der Waals surface area (Å²) in [5.41, 5.74) is 0.866. The zero-order valence-electron chi connectivity index (χ0n) is 25.2. The van der Waals surface area contributed by atoms with Crippen molar-refractivity contribution in [3.05, 3.63) is 83.4 Å². The van der Waals surface area contributed by atoms with Gasteiger partial charge in [0, 0.05) is 22.5 Å². The normalized spacial score (nSPS) is 12.7. The minimum absolute atomic E-state index is 0.0222. The summed E-state index contributed by atoms with van der Waals surface area (Å²) in [7, 11) is -4.24. The van der Waals surface area contributed by atoms with E-state index in [0.29, 0.717) is 29.4 Å². The monoisotopic (exact) mass is 645 g/mol. The van der Waals surface area contributed by atoms with Gasteiger partial charge in [0.1, 0.15) is 18.3 Å². The predicted octanol–water partition coefficient (Wildman–Crippen LogP) is 6.38. The molecule has 0 saturated heterocycles. The van der Waals surface area contributed by atoms with Crippen LogP contribution in [0.3, 0.4) is 0 Å². The number of halogens is 1. The van der Waals surface area contributed by atoms with Crippen LogP contribution < -0.4 is 14.4 Å². The van der Waals surface area contributed by atoms with E-state index in [0.717, 1.165) is 15.6 Å². The maximum Gasteiger partial charge on any atom is 0.264 e. The standard InChI is InChI=1S/C32H40ClN3O5S2/c1-6-23(4)34-32(38)28(7-2)35(21-24-13-9-10-14-27(24)33)31(37)22-36(29-15-11-12-16-30(29)41-8-3)43(39,40)26-19-17-25(42-5)18-20-26/h9-20,23,28H,6-8,21-22H2,1-5H3,(H,34,38)/t23-,28+/m1/s1. The molecule has 0 aromatic heterocycles. The van der Waals surface area contributed by atoms with Crippen LogP contribution in [-0.4, -0.2) is 56.6 Å². The molecule has 0 aliphatic carbocycles. The Morgan fingerprint density at radius 2 is 1.60 bits per heavy atom. The molecule has 2 amide bonds. The minimum atomic E-state index is -4.24. The zero-order valence-corrected chi connectivity index (χ0v) is 27.6. The fraction of sp³-hybridized carbons (Fsp3) is 0.375. The Morgan fingerprint density at radius 1 is 0.953 bits per heavy atom. The number of para-hydroxylation sites is 2. The van der Waals surface area contributed by atoms with Crippen molar-refractivity contribution in [2.45, 2.75) is 69.0 Å². The number of amides is 2. The van der Waals surface area contributed by atoms with Gasteiger partial charge >= 0.3 is 0 Å². The molecule has 0 spiro atoms. The Balaban J connectivity index is 2.12. The van der Waals surface area contributed by atoms with Gasteiger partial charge in [0.25, 0.3) is 10.0 Å². The second kappa shape index (κ2) is 16.0. The fourth-order valence-corrected chi connectivity index (χ4v) is 6.53. The summed E-state index contributed by atoms with van der Waals surface area (Å²) in [4.78, 5) is 30.1. The zero-order chi connectivity index (χ0) is 31.6. The van der Waals surface area contributed by atoms with E-state index in [1.165, 1.54) is 28.8 Å². The lowest BCUT2D eigenvalue weighted by Crippen LogP contribution is -2.53. The highest BCUT2D eigenvalue weighted by molar-refractivity contribution is 7.98. The van der Waals surface area contributed by atoms with Crippen molar-refractivity contribution >= 4 is 50.9 Å². The van der Waals surface area contributed by atoms with Crippen molar-refractivity contribution < 1.29 is 22.7 Å². The number of hydrogen-bond donors (Lipinski definition) is 1. The number of ether oxygens (including phenoxy) is 1. The summed E-state index contributed by atoms with van der Waals surface area (Å²) < 4.78 is 35.3. The van der Waals surface area contributed by atoms with Gasteiger partial charge in [-0.25, -0.2) is 8.42 Å². The summed E-state index contributed by atoms with van der Waals surface area (Å²) in [5.74, 6) is -0.544. The van der Waals surface area contributed by atoms with Gasteiger partial charge in [-0.15, -0.1) is 11.8 Å². The van der Waals surface area contributed by atoms with Crippen LogP contribution in [0.2, 0.25) is 5.02 Å². The third-order valence-corrected chi connectivity index (χ3v) is 9.93. The number of nitrogens with zero attached hydrogens (tertiary/aromatic N) is 2. The van der Waals surface area contributed by atoms with Gasteiger partial charge in [0.05, 0.1) is 17.2 Å². The van der Waals surface area contributed by atoms with Gasteiger partial charge in [-0.1, -0.05) is 55.8 Å². The van der Waals surface area contributed by atoms with Gasteiger partial charge < -0.3 is 15.0 Å². The van der Waals surface area contributed by atoms with E-state index < -0.39 is 28.5 Å². The van der Waals surface area contributed by atoms with Crippen LogP contribution in [0, 0.1) is 0 Å². The molecule has 3 aromatic rings. The van der Waals surface area contributed by atoms with Crippen LogP contribution >= 0.6 is 23.4 Å². The SMILES string of the molecule is CCOc1ccccc1N(CC(=O)N(Cc1ccccc1Cl)[C@@H](CC)C(=O)N[C@H](C)CC)S(=O)(=O)c1ccc(SC)cc1. The average molecular weight is 646 g/mol. The molecule has 0 fully saturated rings. The quantitative estimate of drug-likeness (QED) is 0.193. The van der Waals surface area contributed by atoms with Crippen molar-refractivity contribution in [1.29, 1.82) is 0 Å². The fourth-order valence-electron chi connectivity index (χ4n) is 4.50. The molecule has 0 aliphatic rings. The van der Waals surface area contributed by atoms with E-state index in [4.69, 9.17) is 16.3 Å². The summed E-state index contributed by atoms with van der Waals surface area (Å²) in [6.07, 6.45) is 2.94. The molecule has 0 saturated carbocycles. The Hall–Kier alpha value is -3.21. The van der Waals surface area contributed by atoms with Crippen molar-refractivity contribution in [1.82, 2.24) is 10.2 Å². The van der Waals surface area contributed by atoms with Crippen molar-refractivity contribution in [2.24, 2.45) is 0 Å². The van der Waals surface area contributed by atoms with Gasteiger partial charge in [-0.3, -0.25) is 13.9 Å². The molecule has 0 heterocycles. The van der Waals surface area contributed by atoms with E-state index in [1.807, 2.05) is 27.0 Å². The molecule has 232 valence electrons. The van der Waals surface area contributed by atoms with Gasteiger partial charge in [0.2, 0.25) is 11.8 Å². The second-order valence-corrected chi connectivity index (χ2v) is 13.1. The van der Waals surface area contributed by atoms with E-state index in [1.54, 1.807) is 67.6 Å². The molecule has 0 aliphatic heterocycles. The van der Waals surface area contributed by atoms with Crippen LogP contribution in [0.1, 0.15) is 46.1 Å². The Bertz CT molecular complexity index is 1480. The maximum absolute atomic E-state index is 14.3. The van der Waals surface area contributed by atoms with E-state index in [9.17, 15) is 18.0 Å². The molecule has 8 nitrogen and oxygen atoms in total. The van der Waals surface area contributed by atoms with Gasteiger partial charge in [0.15, 0.2) is 0 Å². The second-order valence-electron chi connectivity index (χ2n) is 9.94. The first-order valence-corrected chi connectivity index (χ1v) is 17.3. The van der Waals surface area contributed by atoms with E-state index >= 15 is 0 Å². The molecule has 0 bridgehead atoms. The number of anilines is 1. The molecule has 1 N–H and O–H groups in total. The van der Waals surface area contributed by atoms with Crippen LogP contribution in [0.15, 0.2) is 82.6 Å². The molecular weight excluding hydrogens is 606 g/mol. The number of nitrogens with one attached hydrogen (secondary N) is 1. The molecule has 0 radical (unpaired) electrons. The smallest absolute Gasteiger partial charge is 0.264 e. The molecule has 0 unspecified atom stereocenters. The first-order chi connectivity index (χ1) is 20.6. The number of sulfonamides is 1. The van der Waals surface area contributed by atoms with Crippen LogP contribution in [0.5, 0.6) is 5.75 Å². The Labute approximate surface area is 264 Å². The van der Waals surface area contributed by atoms with Crippen molar-refractivity contribution in [3.8, 4) is 5.75 Å². The lowest BCUT2D eigenvalue weighted by molar-refractivity contribution is -0.140. The third kappa shape index (κ3) is 8.68. The molecule has 3 aromatic carbocycles. The number of carbonyl (C=O) groups is 2. The average Bonchev–Trinajstić information content (AvgIpc) is 3.01. The van der Waals surface area contributed by atoms with Crippen LogP contribution in [-0.2, 0) is 26.2 Å². The number of carbonyl (C=O) groups excluding carboxylic acids is 2. The number of hydrogen-bond acceptors (Lipinski definition) is 6. The maximum atomic E-state index is 14.3. The highest BCUT2D eigenvalue weighted by Crippen LogP contribution is 2.33. The molecular formula is C32H40ClN3O5S2. The topological polar surface area (TPSA) is 96.0 Å². The minimum Gasteiger partial charge on any atom is -0.492 e.